The van der Waals surface area contributed by atoms with Gasteiger partial charge in [0.25, 0.3) is 0 Å². The molecular formula is C15H18N2S2. The molecule has 0 amide bonds. The fourth-order valence-corrected chi connectivity index (χ4v) is 9.42. The molecule has 1 heterocycles. The van der Waals surface area contributed by atoms with Gasteiger partial charge < -0.3 is 11.5 Å². The number of nitrogens with two attached hydrogens (primary N) is 2. The van der Waals surface area contributed by atoms with Gasteiger partial charge in [0.2, 0.25) is 0 Å². The minimum absolute atomic E-state index is 0.337. The average molecular weight is 290 g/mol. The van der Waals surface area contributed by atoms with Crippen LogP contribution in [0.3, 0.4) is 0 Å². The van der Waals surface area contributed by atoms with E-state index in [2.05, 4.69) is 24.3 Å². The van der Waals surface area contributed by atoms with Crippen LogP contribution >= 0.6 is 0 Å². The lowest BCUT2D eigenvalue weighted by Crippen LogP contribution is -2.00. The maximum absolute atomic E-state index is 5.78. The maximum atomic E-state index is 5.78. The van der Waals surface area contributed by atoms with Gasteiger partial charge in [-0.05, 0) is 66.5 Å². The molecule has 100 valence electrons. The van der Waals surface area contributed by atoms with Crippen LogP contribution in [0.15, 0.2) is 58.3 Å². The molecular weight excluding hydrogens is 272 g/mol. The zero-order chi connectivity index (χ0) is 13.2. The summed E-state index contributed by atoms with van der Waals surface area (Å²) < 4.78 is 0. The normalized spacial score (nSPS) is 22.5. The highest BCUT2D eigenvalue weighted by atomic mass is 32.9. The van der Waals surface area contributed by atoms with Crippen LogP contribution < -0.4 is 11.5 Å². The lowest BCUT2D eigenvalue weighted by atomic mass is 10.3. The van der Waals surface area contributed by atoms with Crippen LogP contribution in [0.2, 0.25) is 0 Å². The Morgan fingerprint density at radius 3 is 1.37 bits per heavy atom. The molecule has 2 atom stereocenters. The molecule has 0 saturated heterocycles. The molecule has 4 N–H and O–H groups in total. The van der Waals surface area contributed by atoms with Crippen molar-refractivity contribution >= 4 is 30.3 Å². The van der Waals surface area contributed by atoms with E-state index in [1.54, 1.807) is 0 Å². The molecule has 0 radical (unpaired) electrons. The molecule has 1 aliphatic rings. The van der Waals surface area contributed by atoms with Crippen molar-refractivity contribution in [2.45, 2.75) is 16.2 Å². The molecule has 1 aliphatic heterocycles. The van der Waals surface area contributed by atoms with Gasteiger partial charge in [-0.3, -0.25) is 0 Å². The van der Waals surface area contributed by atoms with Gasteiger partial charge in [0.15, 0.2) is 0 Å². The van der Waals surface area contributed by atoms with Gasteiger partial charge in [0.1, 0.15) is 0 Å². The summed E-state index contributed by atoms with van der Waals surface area (Å²) in [5.74, 6) is 2.61. The van der Waals surface area contributed by atoms with Crippen LogP contribution in [-0.4, -0.2) is 11.5 Å². The van der Waals surface area contributed by atoms with Crippen molar-refractivity contribution < 1.29 is 0 Å². The molecule has 0 bridgehead atoms. The second-order valence-electron chi connectivity index (χ2n) is 4.59. The Kier molecular flexibility index (Phi) is 3.62. The van der Waals surface area contributed by atoms with Gasteiger partial charge in [-0.2, -0.15) is 0 Å². The Balaban J connectivity index is 2.04. The van der Waals surface area contributed by atoms with Crippen molar-refractivity contribution in [1.29, 1.82) is 0 Å². The second-order valence-corrected chi connectivity index (χ2v) is 10.1. The minimum Gasteiger partial charge on any atom is -0.399 e. The fraction of sp³-hybridized carbons (Fsp3) is 0.200. The van der Waals surface area contributed by atoms with E-state index < -0.39 is 0 Å². The second kappa shape index (κ2) is 5.39. The van der Waals surface area contributed by atoms with Crippen molar-refractivity contribution in [3.8, 4) is 0 Å². The Morgan fingerprint density at radius 2 is 1.00 bits per heavy atom. The number of nitrogen functional groups attached to an aromatic ring is 2. The molecule has 2 nitrogen and oxygen atoms in total. The first-order valence-corrected chi connectivity index (χ1v) is 9.68. The molecule has 19 heavy (non-hydrogen) atoms. The summed E-state index contributed by atoms with van der Waals surface area (Å²) in [6.45, 7) is 0. The molecule has 3 rings (SSSR count). The highest BCUT2D eigenvalue weighted by Crippen LogP contribution is 2.25. The van der Waals surface area contributed by atoms with Crippen LogP contribution in [0, 0.1) is 0 Å². The van der Waals surface area contributed by atoms with Crippen LogP contribution in [0.25, 0.3) is 0 Å². The van der Waals surface area contributed by atoms with Crippen molar-refractivity contribution in [1.82, 2.24) is 0 Å². The Bertz CT molecular complexity index is 560. The maximum Gasteiger partial charge on any atom is 0.0314 e. The first-order chi connectivity index (χ1) is 9.24. The molecule has 0 fully saturated rings. The first kappa shape index (κ1) is 12.8. The third-order valence-electron chi connectivity index (χ3n) is 3.19. The van der Waals surface area contributed by atoms with Gasteiger partial charge in [-0.25, -0.2) is 0 Å². The number of anilines is 2. The van der Waals surface area contributed by atoms with E-state index in [1.165, 1.54) is 27.7 Å². The van der Waals surface area contributed by atoms with E-state index >= 15 is 0 Å². The SMILES string of the molecule is Nc1ccc(S2=S(c3ccc(N)cc3)CCC2)cc1. The van der Waals surface area contributed by atoms with Crippen molar-refractivity contribution in [2.75, 3.05) is 23.0 Å². The average Bonchev–Trinajstić information content (AvgIpc) is 2.90. The standard InChI is InChI=1S/C15H18N2S2/c16-12-2-6-14(7-3-12)18-10-1-11-19(18)15-8-4-13(17)5-9-15/h2-9H,1,10-11,16-17H2. The highest BCUT2D eigenvalue weighted by molar-refractivity contribution is 8.44. The van der Waals surface area contributed by atoms with Crippen LogP contribution in [0.5, 0.6) is 0 Å². The predicted molar refractivity (Wildman–Crippen MR) is 87.3 cm³/mol. The predicted octanol–water partition coefficient (Wildman–Crippen LogP) is 2.82. The largest absolute Gasteiger partial charge is 0.399 e. The molecule has 0 aromatic heterocycles. The quantitative estimate of drug-likeness (QED) is 0.836. The van der Waals surface area contributed by atoms with Crippen LogP contribution in [0.1, 0.15) is 6.42 Å². The zero-order valence-electron chi connectivity index (χ0n) is 10.7. The molecule has 0 aliphatic carbocycles. The van der Waals surface area contributed by atoms with Gasteiger partial charge in [-0.1, -0.05) is 0 Å². The number of benzene rings is 2. The third kappa shape index (κ3) is 2.69. The van der Waals surface area contributed by atoms with Crippen LogP contribution in [-0.2, 0) is 18.9 Å². The van der Waals surface area contributed by atoms with Gasteiger partial charge in [0.05, 0.1) is 0 Å². The first-order valence-electron chi connectivity index (χ1n) is 6.37. The summed E-state index contributed by atoms with van der Waals surface area (Å²) >= 11 is 0. The van der Waals surface area contributed by atoms with E-state index in [0.717, 1.165) is 11.4 Å². The monoisotopic (exact) mass is 290 g/mol. The Hall–Kier alpha value is -1.26. The van der Waals surface area contributed by atoms with Crippen molar-refractivity contribution in [3.63, 3.8) is 0 Å². The fourth-order valence-electron chi connectivity index (χ4n) is 2.23. The van der Waals surface area contributed by atoms with Crippen molar-refractivity contribution in [3.05, 3.63) is 48.5 Å². The number of rotatable bonds is 2. The lowest BCUT2D eigenvalue weighted by Gasteiger charge is -2.11. The van der Waals surface area contributed by atoms with Gasteiger partial charge >= 0.3 is 0 Å². The summed E-state index contributed by atoms with van der Waals surface area (Å²) in [4.78, 5) is 2.90. The topological polar surface area (TPSA) is 52.0 Å². The third-order valence-corrected chi connectivity index (χ3v) is 10.2. The van der Waals surface area contributed by atoms with Gasteiger partial charge in [-0.15, -0.1) is 18.9 Å². The summed E-state index contributed by atoms with van der Waals surface area (Å²) in [6, 6.07) is 16.9. The summed E-state index contributed by atoms with van der Waals surface area (Å²) in [5, 5.41) is 0. The highest BCUT2D eigenvalue weighted by Gasteiger charge is 2.15. The van der Waals surface area contributed by atoms with Crippen LogP contribution in [0.4, 0.5) is 11.4 Å². The Labute approximate surface area is 118 Å². The van der Waals surface area contributed by atoms with E-state index in [-0.39, 0.29) is 0 Å². The molecule has 2 aromatic rings. The van der Waals surface area contributed by atoms with E-state index in [1.807, 2.05) is 24.3 Å². The number of hydrogen-bond donors (Lipinski definition) is 2. The summed E-state index contributed by atoms with van der Waals surface area (Å²) in [7, 11) is 0.674. The van der Waals surface area contributed by atoms with Crippen molar-refractivity contribution in [2.24, 2.45) is 0 Å². The molecule has 0 saturated carbocycles. The lowest BCUT2D eigenvalue weighted by molar-refractivity contribution is 1.13. The Morgan fingerprint density at radius 1 is 0.632 bits per heavy atom. The van der Waals surface area contributed by atoms with Gasteiger partial charge in [0, 0.05) is 21.2 Å². The molecule has 0 spiro atoms. The van der Waals surface area contributed by atoms with E-state index in [4.69, 9.17) is 11.5 Å². The smallest absolute Gasteiger partial charge is 0.0314 e. The van der Waals surface area contributed by atoms with E-state index in [9.17, 15) is 0 Å². The molecule has 2 aromatic carbocycles. The number of hydrogen-bond acceptors (Lipinski definition) is 2. The molecule has 2 unspecified atom stereocenters. The summed E-state index contributed by atoms with van der Waals surface area (Å²) in [6.07, 6.45) is 1.32. The minimum atomic E-state index is 0.337. The molecule has 4 heteroatoms. The summed E-state index contributed by atoms with van der Waals surface area (Å²) in [5.41, 5.74) is 13.3. The zero-order valence-corrected chi connectivity index (χ0v) is 12.3. The van der Waals surface area contributed by atoms with E-state index in [0.29, 0.717) is 18.9 Å².